The Balaban J connectivity index is 0.968. The minimum Gasteiger partial charge on any atom is -0.458 e. The Bertz CT molecular complexity index is 3820. The van der Waals surface area contributed by atoms with E-state index in [0.29, 0.717) is 0 Å². The number of nitrogens with zero attached hydrogens (tertiary/aromatic N) is 3. The first-order valence-electron chi connectivity index (χ1n) is 24.0. The number of thiophene rings is 1. The van der Waals surface area contributed by atoms with E-state index >= 15 is 0 Å². The lowest BCUT2D eigenvalue weighted by Crippen LogP contribution is -2.62. The summed E-state index contributed by atoms with van der Waals surface area (Å²) in [6.07, 6.45) is 0. The molecule has 0 saturated heterocycles. The first-order chi connectivity index (χ1) is 35.2. The number of rotatable bonds is 7. The summed E-state index contributed by atoms with van der Waals surface area (Å²) >= 11 is 1.88. The Kier molecular flexibility index (Phi) is 8.92. The molecule has 5 heterocycles. The third-order valence-corrected chi connectivity index (χ3v) is 15.6. The quantitative estimate of drug-likeness (QED) is 0.148. The number of benzene rings is 10. The minimum absolute atomic E-state index is 0.138. The molecular formula is C62H39B2N3O3S. The van der Waals surface area contributed by atoms with Gasteiger partial charge in [-0.05, 0) is 101 Å². The summed E-state index contributed by atoms with van der Waals surface area (Å²) in [7, 11) is 0. The molecule has 0 radical (unpaired) electrons. The molecule has 15 rings (SSSR count). The molecule has 4 aliphatic heterocycles. The van der Waals surface area contributed by atoms with Crippen molar-refractivity contribution < 1.29 is 14.2 Å². The van der Waals surface area contributed by atoms with Crippen LogP contribution in [0.15, 0.2) is 237 Å². The molecule has 0 saturated carbocycles. The Morgan fingerprint density at radius 3 is 1.41 bits per heavy atom. The Morgan fingerprint density at radius 1 is 0.352 bits per heavy atom. The maximum Gasteiger partial charge on any atom is 0.268 e. The molecule has 332 valence electrons. The van der Waals surface area contributed by atoms with Crippen LogP contribution in [0, 0.1) is 0 Å². The number of para-hydroxylation sites is 6. The molecule has 1 aromatic heterocycles. The predicted molar refractivity (Wildman–Crippen MR) is 295 cm³/mol. The van der Waals surface area contributed by atoms with Crippen LogP contribution in [0.25, 0.3) is 10.1 Å². The summed E-state index contributed by atoms with van der Waals surface area (Å²) in [5.74, 6) is 4.73. The fourth-order valence-electron chi connectivity index (χ4n) is 11.4. The molecular weight excluding hydrogens is 888 g/mol. The highest BCUT2D eigenvalue weighted by molar-refractivity contribution is 7.33. The highest BCUT2D eigenvalue weighted by Gasteiger charge is 2.47. The molecule has 9 heteroatoms. The fraction of sp³-hybridized carbons (Fsp3) is 0. The smallest absolute Gasteiger partial charge is 0.268 e. The molecule has 0 N–H and O–H groups in total. The zero-order chi connectivity index (χ0) is 46.6. The lowest BCUT2D eigenvalue weighted by atomic mass is 9.32. The van der Waals surface area contributed by atoms with Crippen molar-refractivity contribution in [3.63, 3.8) is 0 Å². The molecule has 11 aromatic rings. The second kappa shape index (κ2) is 15.8. The topological polar surface area (TPSA) is 37.4 Å². The second-order valence-electron chi connectivity index (χ2n) is 18.4. The maximum atomic E-state index is 7.41. The summed E-state index contributed by atoms with van der Waals surface area (Å²) in [6.45, 7) is -0.296. The van der Waals surface area contributed by atoms with Crippen LogP contribution in [0.2, 0.25) is 0 Å². The average molecular weight is 928 g/mol. The molecule has 0 atom stereocenters. The lowest BCUT2D eigenvalue weighted by molar-refractivity contribution is 0.456. The summed E-state index contributed by atoms with van der Waals surface area (Å²) in [5, 5.41) is 1.22. The van der Waals surface area contributed by atoms with Gasteiger partial charge < -0.3 is 28.9 Å². The SMILES string of the molecule is c1ccc(N(c2ccccc2)c2cc3c4c(c2)Oc2cc5c(cc2B4c2ccccc2O3)B2c3sc4ccccc4c3N(c3ccccc3)c3cc(N(c4ccccc4)c4ccccc4)cc(c32)O5)cc1. The Hall–Kier alpha value is -8.91. The molecule has 4 aliphatic rings. The van der Waals surface area contributed by atoms with Crippen LogP contribution in [-0.4, -0.2) is 13.4 Å². The van der Waals surface area contributed by atoms with Gasteiger partial charge in [0.25, 0.3) is 13.4 Å². The van der Waals surface area contributed by atoms with Crippen molar-refractivity contribution in [3.05, 3.63) is 237 Å². The van der Waals surface area contributed by atoms with Crippen molar-refractivity contribution in [1.29, 1.82) is 0 Å². The van der Waals surface area contributed by atoms with Gasteiger partial charge in [0.1, 0.15) is 34.5 Å². The number of ether oxygens (including phenoxy) is 3. The molecule has 71 heavy (non-hydrogen) atoms. The van der Waals surface area contributed by atoms with Crippen molar-refractivity contribution in [1.82, 2.24) is 0 Å². The molecule has 0 fully saturated rings. The summed E-state index contributed by atoms with van der Waals surface area (Å²) in [6, 6.07) is 83.7. The molecule has 0 aliphatic carbocycles. The van der Waals surface area contributed by atoms with E-state index in [0.717, 1.165) is 107 Å². The summed E-state index contributed by atoms with van der Waals surface area (Å²) in [4.78, 5) is 7.06. The fourth-order valence-corrected chi connectivity index (χ4v) is 12.7. The molecule has 0 amide bonds. The zero-order valence-corrected chi connectivity index (χ0v) is 39.0. The van der Waals surface area contributed by atoms with Gasteiger partial charge in [-0.15, -0.1) is 11.3 Å². The van der Waals surface area contributed by atoms with Crippen LogP contribution < -0.4 is 61.0 Å². The van der Waals surface area contributed by atoms with Gasteiger partial charge in [-0.2, -0.15) is 0 Å². The van der Waals surface area contributed by atoms with Crippen LogP contribution >= 0.6 is 11.3 Å². The van der Waals surface area contributed by atoms with Crippen molar-refractivity contribution >= 4 is 118 Å². The van der Waals surface area contributed by atoms with Gasteiger partial charge in [-0.3, -0.25) is 0 Å². The average Bonchev–Trinajstić information content (AvgIpc) is 3.81. The Labute approximate surface area is 416 Å². The highest BCUT2D eigenvalue weighted by atomic mass is 32.1. The van der Waals surface area contributed by atoms with Gasteiger partial charge >= 0.3 is 0 Å². The van der Waals surface area contributed by atoms with Gasteiger partial charge in [0.15, 0.2) is 0 Å². The first-order valence-corrected chi connectivity index (χ1v) is 24.9. The van der Waals surface area contributed by atoms with E-state index in [4.69, 9.17) is 14.2 Å². The van der Waals surface area contributed by atoms with E-state index in [1.165, 1.54) is 20.6 Å². The van der Waals surface area contributed by atoms with E-state index in [-0.39, 0.29) is 13.4 Å². The van der Waals surface area contributed by atoms with Gasteiger partial charge in [0.05, 0.1) is 17.1 Å². The van der Waals surface area contributed by atoms with Crippen molar-refractivity contribution in [2.75, 3.05) is 14.7 Å². The van der Waals surface area contributed by atoms with Crippen molar-refractivity contribution in [2.45, 2.75) is 0 Å². The van der Waals surface area contributed by atoms with Crippen LogP contribution in [0.5, 0.6) is 34.5 Å². The second-order valence-corrected chi connectivity index (χ2v) is 19.4. The van der Waals surface area contributed by atoms with Crippen LogP contribution in [0.3, 0.4) is 0 Å². The number of fused-ring (bicyclic) bond motifs is 10. The van der Waals surface area contributed by atoms with E-state index in [1.54, 1.807) is 0 Å². The number of anilines is 9. The highest BCUT2D eigenvalue weighted by Crippen LogP contribution is 2.50. The van der Waals surface area contributed by atoms with Crippen molar-refractivity contribution in [2.24, 2.45) is 0 Å². The van der Waals surface area contributed by atoms with Crippen LogP contribution in [0.4, 0.5) is 51.2 Å². The van der Waals surface area contributed by atoms with Crippen LogP contribution in [-0.2, 0) is 0 Å². The molecule has 6 nitrogen and oxygen atoms in total. The number of hydrogen-bond donors (Lipinski definition) is 0. The maximum absolute atomic E-state index is 7.41. The summed E-state index contributed by atoms with van der Waals surface area (Å²) in [5.41, 5.74) is 14.9. The van der Waals surface area contributed by atoms with Crippen LogP contribution in [0.1, 0.15) is 0 Å². The third-order valence-electron chi connectivity index (χ3n) is 14.3. The third kappa shape index (κ3) is 6.23. The zero-order valence-electron chi connectivity index (χ0n) is 38.1. The molecule has 0 bridgehead atoms. The lowest BCUT2D eigenvalue weighted by Gasteiger charge is -2.40. The number of hydrogen-bond acceptors (Lipinski definition) is 7. The largest absolute Gasteiger partial charge is 0.458 e. The minimum atomic E-state index is -0.158. The van der Waals surface area contributed by atoms with E-state index < -0.39 is 0 Å². The monoisotopic (exact) mass is 927 g/mol. The van der Waals surface area contributed by atoms with E-state index in [2.05, 4.69) is 239 Å². The van der Waals surface area contributed by atoms with Gasteiger partial charge in [-0.1, -0.05) is 133 Å². The van der Waals surface area contributed by atoms with Gasteiger partial charge in [0, 0.05) is 78.7 Å². The van der Waals surface area contributed by atoms with Gasteiger partial charge in [-0.25, -0.2) is 0 Å². The van der Waals surface area contributed by atoms with Gasteiger partial charge in [0.2, 0.25) is 0 Å². The molecule has 10 aromatic carbocycles. The Morgan fingerprint density at radius 2 is 0.817 bits per heavy atom. The first kappa shape index (κ1) is 40.0. The predicted octanol–water partition coefficient (Wildman–Crippen LogP) is 13.0. The van der Waals surface area contributed by atoms with E-state index in [1.807, 2.05) is 23.5 Å². The summed E-state index contributed by atoms with van der Waals surface area (Å²) < 4.78 is 24.1. The molecule has 0 spiro atoms. The normalized spacial score (nSPS) is 13.0. The van der Waals surface area contributed by atoms with Crippen molar-refractivity contribution in [3.8, 4) is 34.5 Å². The standard InChI is InChI=1S/C62H39B2N3O3S/c1-6-20-40(21-7-1)65(41-22-8-2-9-23-41)45-34-51-59-55(35-45)69-54-39-53-49(38-50(54)64(59)62-61(47-30-16-19-33-58(47)71-62)67(51)44-28-14-5-15-29-44)63-48-31-17-18-32-52(48)68-56-36-46(37-57(70-53)60(56)63)66(42-24-10-3-11-25-42)43-26-12-4-13-27-43/h1-39H. The molecule has 0 unspecified atom stereocenters. The van der Waals surface area contributed by atoms with E-state index in [9.17, 15) is 0 Å².